The molecule has 3 N–H and O–H groups in total. The molecule has 0 aliphatic rings. The van der Waals surface area contributed by atoms with Crippen LogP contribution < -0.4 is 11.1 Å². The molecule has 0 radical (unpaired) electrons. The van der Waals surface area contributed by atoms with Crippen molar-refractivity contribution in [2.24, 2.45) is 11.7 Å². The monoisotopic (exact) mass is 295 g/mol. The van der Waals surface area contributed by atoms with Crippen molar-refractivity contribution in [1.29, 1.82) is 0 Å². The van der Waals surface area contributed by atoms with E-state index in [1.165, 1.54) is 0 Å². The van der Waals surface area contributed by atoms with Crippen molar-refractivity contribution in [3.05, 3.63) is 17.5 Å². The van der Waals surface area contributed by atoms with E-state index in [-0.39, 0.29) is 0 Å². The lowest BCUT2D eigenvalue weighted by Crippen LogP contribution is -2.34. The molecule has 20 heavy (non-hydrogen) atoms. The van der Waals surface area contributed by atoms with Crippen molar-refractivity contribution >= 4 is 23.2 Å². The average molecular weight is 295 g/mol. The molecule has 0 saturated carbocycles. The van der Waals surface area contributed by atoms with Crippen molar-refractivity contribution in [3.8, 4) is 0 Å². The van der Waals surface area contributed by atoms with Gasteiger partial charge >= 0.3 is 0 Å². The molecule has 0 saturated heterocycles. The van der Waals surface area contributed by atoms with Crippen LogP contribution in [0.1, 0.15) is 31.7 Å². The average Bonchev–Trinajstić information content (AvgIpc) is 2.25. The molecule has 1 aromatic rings. The number of nitrogens with zero attached hydrogens (tertiary/aromatic N) is 3. The Morgan fingerprint density at radius 1 is 1.40 bits per heavy atom. The van der Waals surface area contributed by atoms with E-state index in [4.69, 9.17) is 18.0 Å². The van der Waals surface area contributed by atoms with E-state index in [9.17, 15) is 0 Å². The fourth-order valence-corrected chi connectivity index (χ4v) is 2.24. The summed E-state index contributed by atoms with van der Waals surface area (Å²) in [5.41, 5.74) is 7.12. The molecule has 0 spiro atoms. The molecule has 1 rings (SSSR count). The van der Waals surface area contributed by atoms with Crippen LogP contribution in [0, 0.1) is 12.8 Å². The first-order valence-electron chi connectivity index (χ1n) is 6.84. The lowest BCUT2D eigenvalue weighted by atomic mass is 10.0. The van der Waals surface area contributed by atoms with Crippen LogP contribution in [-0.4, -0.2) is 46.5 Å². The van der Waals surface area contributed by atoms with Crippen molar-refractivity contribution in [3.63, 3.8) is 0 Å². The highest BCUT2D eigenvalue weighted by Gasteiger charge is 2.14. The first kappa shape index (κ1) is 16.8. The molecule has 1 heterocycles. The minimum atomic E-state index is 0.297. The van der Waals surface area contributed by atoms with Crippen LogP contribution >= 0.6 is 12.2 Å². The van der Waals surface area contributed by atoms with Gasteiger partial charge in [0.05, 0.1) is 0 Å². The third-order valence-electron chi connectivity index (χ3n) is 2.78. The first-order chi connectivity index (χ1) is 9.27. The zero-order valence-electron chi connectivity index (χ0n) is 13.0. The highest BCUT2D eigenvalue weighted by atomic mass is 32.1. The molecule has 1 aromatic heterocycles. The number of likely N-dealkylation sites (N-methyl/N-ethyl adjacent to an activating group) is 1. The zero-order chi connectivity index (χ0) is 15.3. The second-order valence-corrected chi connectivity index (χ2v) is 6.26. The second-order valence-electron chi connectivity index (χ2n) is 5.82. The van der Waals surface area contributed by atoms with Crippen LogP contribution in [0.15, 0.2) is 6.07 Å². The lowest BCUT2D eigenvalue weighted by molar-refractivity contribution is 0.355. The van der Waals surface area contributed by atoms with E-state index in [2.05, 4.69) is 48.1 Å². The molecule has 112 valence electrons. The van der Waals surface area contributed by atoms with Crippen LogP contribution in [0.25, 0.3) is 0 Å². The van der Waals surface area contributed by atoms with Crippen LogP contribution in [0.4, 0.5) is 5.95 Å². The molecule has 0 aliphatic heterocycles. The van der Waals surface area contributed by atoms with E-state index in [1.54, 1.807) is 6.07 Å². The number of hydrogen-bond donors (Lipinski definition) is 2. The molecule has 0 aromatic carbocycles. The normalized spacial score (nSPS) is 12.8. The standard InChI is InChI=1S/C14H25N5S/c1-9(2)6-11(8-19(4)5)17-14-16-10(3)7-12(18-14)13(15)20/h7,9,11H,6,8H2,1-5H3,(H2,15,20)(H,16,17,18). The Balaban J connectivity index is 2.89. The van der Waals surface area contributed by atoms with Gasteiger partial charge in [0.1, 0.15) is 10.7 Å². The summed E-state index contributed by atoms with van der Waals surface area (Å²) in [5, 5.41) is 3.40. The summed E-state index contributed by atoms with van der Waals surface area (Å²) in [7, 11) is 4.12. The Kier molecular flexibility index (Phi) is 6.29. The van der Waals surface area contributed by atoms with Gasteiger partial charge in [-0.15, -0.1) is 0 Å². The molecular formula is C14H25N5S. The summed E-state index contributed by atoms with van der Waals surface area (Å²) in [6.45, 7) is 7.26. The summed E-state index contributed by atoms with van der Waals surface area (Å²) in [5.74, 6) is 1.20. The van der Waals surface area contributed by atoms with E-state index >= 15 is 0 Å². The molecule has 6 heteroatoms. The Hall–Kier alpha value is -1.27. The SMILES string of the molecule is Cc1cc(C(N)=S)nc(NC(CC(C)C)CN(C)C)n1. The zero-order valence-corrected chi connectivity index (χ0v) is 13.8. The Morgan fingerprint density at radius 3 is 2.55 bits per heavy atom. The van der Waals surface area contributed by atoms with E-state index in [0.717, 1.165) is 18.7 Å². The molecule has 1 atom stereocenters. The predicted molar refractivity (Wildman–Crippen MR) is 88.1 cm³/mol. The highest BCUT2D eigenvalue weighted by Crippen LogP contribution is 2.12. The van der Waals surface area contributed by atoms with Crippen LogP contribution in [0.5, 0.6) is 0 Å². The topological polar surface area (TPSA) is 67.1 Å². The van der Waals surface area contributed by atoms with E-state index in [1.807, 2.05) is 6.92 Å². The Morgan fingerprint density at radius 2 is 2.05 bits per heavy atom. The molecule has 0 bridgehead atoms. The van der Waals surface area contributed by atoms with Gasteiger partial charge < -0.3 is 16.0 Å². The van der Waals surface area contributed by atoms with Gasteiger partial charge in [-0.2, -0.15) is 0 Å². The highest BCUT2D eigenvalue weighted by molar-refractivity contribution is 7.80. The van der Waals surface area contributed by atoms with Crippen molar-refractivity contribution < 1.29 is 0 Å². The molecule has 5 nitrogen and oxygen atoms in total. The number of aryl methyl sites for hydroxylation is 1. The summed E-state index contributed by atoms with van der Waals surface area (Å²) >= 11 is 4.99. The Bertz CT molecular complexity index is 449. The first-order valence-corrected chi connectivity index (χ1v) is 7.25. The minimum Gasteiger partial charge on any atom is -0.388 e. The van der Waals surface area contributed by atoms with E-state index in [0.29, 0.717) is 28.6 Å². The van der Waals surface area contributed by atoms with Crippen LogP contribution in [0.2, 0.25) is 0 Å². The van der Waals surface area contributed by atoms with Gasteiger partial charge in [-0.3, -0.25) is 0 Å². The molecule has 0 fully saturated rings. The molecule has 0 aliphatic carbocycles. The Labute approximate surface area is 127 Å². The summed E-state index contributed by atoms with van der Waals surface area (Å²) in [6.07, 6.45) is 1.05. The van der Waals surface area contributed by atoms with Gasteiger partial charge in [0.25, 0.3) is 0 Å². The summed E-state index contributed by atoms with van der Waals surface area (Å²) < 4.78 is 0. The smallest absolute Gasteiger partial charge is 0.223 e. The van der Waals surface area contributed by atoms with Gasteiger partial charge in [0.2, 0.25) is 5.95 Å². The molecule has 1 unspecified atom stereocenters. The summed E-state index contributed by atoms with van der Waals surface area (Å²) in [4.78, 5) is 11.3. The third-order valence-corrected chi connectivity index (χ3v) is 2.99. The van der Waals surface area contributed by atoms with Crippen molar-refractivity contribution in [2.45, 2.75) is 33.2 Å². The molecule has 0 amide bonds. The fraction of sp³-hybridized carbons (Fsp3) is 0.643. The van der Waals surface area contributed by atoms with Gasteiger partial charge in [0, 0.05) is 18.3 Å². The number of nitrogens with two attached hydrogens (primary N) is 1. The van der Waals surface area contributed by atoms with Crippen LogP contribution in [0.3, 0.4) is 0 Å². The quantitative estimate of drug-likeness (QED) is 0.748. The van der Waals surface area contributed by atoms with Crippen molar-refractivity contribution in [1.82, 2.24) is 14.9 Å². The predicted octanol–water partition coefficient (Wildman–Crippen LogP) is 1.81. The maximum Gasteiger partial charge on any atom is 0.223 e. The largest absolute Gasteiger partial charge is 0.388 e. The number of hydrogen-bond acceptors (Lipinski definition) is 5. The second kappa shape index (κ2) is 7.50. The maximum atomic E-state index is 5.65. The molecular weight excluding hydrogens is 270 g/mol. The summed E-state index contributed by atoms with van der Waals surface area (Å²) in [6, 6.07) is 2.10. The number of thiocarbonyl (C=S) groups is 1. The van der Waals surface area contributed by atoms with Crippen LogP contribution in [-0.2, 0) is 0 Å². The van der Waals surface area contributed by atoms with Gasteiger partial charge in [0.15, 0.2) is 0 Å². The lowest BCUT2D eigenvalue weighted by Gasteiger charge is -2.24. The fourth-order valence-electron chi connectivity index (χ4n) is 2.13. The number of nitrogens with one attached hydrogen (secondary N) is 1. The minimum absolute atomic E-state index is 0.297. The number of rotatable bonds is 7. The number of anilines is 1. The van der Waals surface area contributed by atoms with Gasteiger partial charge in [-0.05, 0) is 39.4 Å². The maximum absolute atomic E-state index is 5.65. The third kappa shape index (κ3) is 5.79. The van der Waals surface area contributed by atoms with Crippen molar-refractivity contribution in [2.75, 3.05) is 26.0 Å². The van der Waals surface area contributed by atoms with E-state index < -0.39 is 0 Å². The van der Waals surface area contributed by atoms with Gasteiger partial charge in [-0.25, -0.2) is 9.97 Å². The number of aromatic nitrogens is 2. The van der Waals surface area contributed by atoms with Gasteiger partial charge in [-0.1, -0.05) is 26.1 Å².